The number of rotatable bonds is 5. The molecule has 0 bridgehead atoms. The molecule has 0 aromatic heterocycles. The minimum absolute atomic E-state index is 0.0668. The molecule has 0 amide bonds. The van der Waals surface area contributed by atoms with Gasteiger partial charge in [0.05, 0.1) is 0 Å². The molecule has 0 aliphatic heterocycles. The largest absolute Gasteiger partial charge is 0.403 e. The lowest BCUT2D eigenvalue weighted by molar-refractivity contribution is 0.224. The van der Waals surface area contributed by atoms with Crippen LogP contribution in [0.5, 0.6) is 0 Å². The van der Waals surface area contributed by atoms with E-state index in [9.17, 15) is 0 Å². The molecule has 0 saturated carbocycles. The highest BCUT2D eigenvalue weighted by atomic mass is 28.4. The monoisotopic (exact) mass is 400 g/mol. The maximum atomic E-state index is 6.60. The Morgan fingerprint density at radius 3 is 2.10 bits per heavy atom. The van der Waals surface area contributed by atoms with Gasteiger partial charge in [-0.25, -0.2) is 0 Å². The summed E-state index contributed by atoms with van der Waals surface area (Å²) in [5.74, 6) is 12.6. The maximum Gasteiger partial charge on any atom is 0.193 e. The quantitative estimate of drug-likeness (QED) is 0.405. The average molecular weight is 401 g/mol. The van der Waals surface area contributed by atoms with Crippen LogP contribution in [0.1, 0.15) is 38.3 Å². The van der Waals surface area contributed by atoms with Crippen molar-refractivity contribution in [1.82, 2.24) is 0 Å². The summed E-state index contributed by atoms with van der Waals surface area (Å²) >= 11 is 0. The van der Waals surface area contributed by atoms with Crippen LogP contribution >= 0.6 is 0 Å². The Balaban J connectivity index is 2.05. The third-order valence-corrected chi connectivity index (χ3v) is 9.75. The lowest BCUT2D eigenvalue weighted by atomic mass is 10.1. The van der Waals surface area contributed by atoms with Gasteiger partial charge in [0.25, 0.3) is 0 Å². The molecule has 0 aliphatic rings. The molecule has 150 valence electrons. The molecule has 1 atom stereocenters. The number of hydrogen-bond donors (Lipinski definition) is 0. The molecule has 0 spiro atoms. The fourth-order valence-corrected chi connectivity index (χ4v) is 3.75. The zero-order chi connectivity index (χ0) is 21.2. The van der Waals surface area contributed by atoms with E-state index in [1.54, 1.807) is 6.08 Å². The first-order chi connectivity index (χ1) is 13.8. The molecule has 29 heavy (non-hydrogen) atoms. The average Bonchev–Trinajstić information content (AvgIpc) is 2.69. The molecule has 2 aromatic carbocycles. The predicted molar refractivity (Wildman–Crippen MR) is 127 cm³/mol. The van der Waals surface area contributed by atoms with Gasteiger partial charge < -0.3 is 4.43 Å². The van der Waals surface area contributed by atoms with Gasteiger partial charge in [-0.05, 0) is 60.8 Å². The molecule has 2 aromatic rings. The summed E-state index contributed by atoms with van der Waals surface area (Å²) in [7, 11) is -1.88. The molecule has 2 heteroatoms. The first-order valence-corrected chi connectivity index (χ1v) is 13.1. The van der Waals surface area contributed by atoms with E-state index >= 15 is 0 Å². The minimum Gasteiger partial charge on any atom is -0.403 e. The van der Waals surface area contributed by atoms with Crippen molar-refractivity contribution in [1.29, 1.82) is 0 Å². The van der Waals surface area contributed by atoms with E-state index in [4.69, 9.17) is 4.43 Å². The first-order valence-electron chi connectivity index (χ1n) is 10.2. The van der Waals surface area contributed by atoms with Gasteiger partial charge in [-0.15, -0.1) is 0 Å². The summed E-state index contributed by atoms with van der Waals surface area (Å²) in [5.41, 5.74) is 2.33. The summed E-state index contributed by atoms with van der Waals surface area (Å²) in [6.07, 6.45) is 5.42. The van der Waals surface area contributed by atoms with Crippen molar-refractivity contribution in [3.8, 4) is 23.7 Å². The standard InChI is InChI=1S/C27H32OSi/c1-27(2,3)29(4,5)28-26(23-22-25-19-13-9-14-20-25)21-15-7-6-10-16-24-17-11-8-12-18-24/h6-9,11-14,17-20,26H,22-23H2,1-5H3/b7-6+. The molecule has 0 fully saturated rings. The predicted octanol–water partition coefficient (Wildman–Crippen LogP) is 6.62. The van der Waals surface area contributed by atoms with Crippen LogP contribution in [0.15, 0.2) is 72.8 Å². The Bertz CT molecular complexity index is 897. The normalized spacial score (nSPS) is 12.6. The van der Waals surface area contributed by atoms with Crippen LogP contribution in [0.2, 0.25) is 18.1 Å². The Morgan fingerprint density at radius 1 is 0.897 bits per heavy atom. The number of hydrogen-bond acceptors (Lipinski definition) is 1. The van der Waals surface area contributed by atoms with Gasteiger partial charge in [0.2, 0.25) is 0 Å². The minimum atomic E-state index is -1.88. The molecule has 1 unspecified atom stereocenters. The van der Waals surface area contributed by atoms with Crippen molar-refractivity contribution in [2.24, 2.45) is 0 Å². The van der Waals surface area contributed by atoms with Gasteiger partial charge in [0.15, 0.2) is 8.32 Å². The van der Waals surface area contributed by atoms with Gasteiger partial charge in [-0.1, -0.05) is 93.0 Å². The van der Waals surface area contributed by atoms with E-state index in [1.165, 1.54) is 5.56 Å². The molecule has 0 saturated heterocycles. The number of benzene rings is 2. The highest BCUT2D eigenvalue weighted by Gasteiger charge is 2.38. The molecule has 0 aliphatic carbocycles. The molecular formula is C27H32OSi. The van der Waals surface area contributed by atoms with Gasteiger partial charge in [0, 0.05) is 5.56 Å². The molecule has 1 nitrogen and oxygen atoms in total. The van der Waals surface area contributed by atoms with E-state index in [1.807, 2.05) is 42.5 Å². The maximum absolute atomic E-state index is 6.60. The number of allylic oxidation sites excluding steroid dienone is 2. The second-order valence-corrected chi connectivity index (χ2v) is 13.4. The van der Waals surface area contributed by atoms with Crippen LogP contribution in [-0.2, 0) is 10.8 Å². The van der Waals surface area contributed by atoms with Crippen molar-refractivity contribution in [2.45, 2.75) is 57.8 Å². The van der Waals surface area contributed by atoms with Crippen molar-refractivity contribution >= 4 is 8.32 Å². The summed E-state index contributed by atoms with van der Waals surface area (Å²) < 4.78 is 6.60. The highest BCUT2D eigenvalue weighted by Crippen LogP contribution is 2.37. The van der Waals surface area contributed by atoms with Crippen LogP contribution in [0.3, 0.4) is 0 Å². The van der Waals surface area contributed by atoms with E-state index in [2.05, 4.69) is 81.8 Å². The Kier molecular flexibility index (Phi) is 8.53. The second-order valence-electron chi connectivity index (χ2n) is 8.65. The molecule has 0 radical (unpaired) electrons. The lowest BCUT2D eigenvalue weighted by Gasteiger charge is -2.38. The van der Waals surface area contributed by atoms with Crippen molar-refractivity contribution in [3.63, 3.8) is 0 Å². The highest BCUT2D eigenvalue weighted by molar-refractivity contribution is 6.74. The summed E-state index contributed by atoms with van der Waals surface area (Å²) in [4.78, 5) is 0. The fourth-order valence-electron chi connectivity index (χ4n) is 2.51. The van der Waals surface area contributed by atoms with E-state index < -0.39 is 8.32 Å². The molecule has 0 heterocycles. The van der Waals surface area contributed by atoms with Crippen LogP contribution < -0.4 is 0 Å². The van der Waals surface area contributed by atoms with E-state index in [-0.39, 0.29) is 11.1 Å². The lowest BCUT2D eigenvalue weighted by Crippen LogP contribution is -2.43. The van der Waals surface area contributed by atoms with Crippen LogP contribution in [0.4, 0.5) is 0 Å². The van der Waals surface area contributed by atoms with Crippen molar-refractivity contribution in [2.75, 3.05) is 0 Å². The smallest absolute Gasteiger partial charge is 0.193 e. The molecule has 2 rings (SSSR count). The Labute approximate surface area is 178 Å². The zero-order valence-electron chi connectivity index (χ0n) is 18.3. The molecular weight excluding hydrogens is 368 g/mol. The van der Waals surface area contributed by atoms with E-state index in [0.29, 0.717) is 0 Å². The van der Waals surface area contributed by atoms with Crippen molar-refractivity contribution in [3.05, 3.63) is 83.9 Å². The third kappa shape index (κ3) is 8.16. The van der Waals surface area contributed by atoms with Crippen LogP contribution in [0.25, 0.3) is 0 Å². The van der Waals surface area contributed by atoms with Crippen LogP contribution in [-0.4, -0.2) is 14.4 Å². The first kappa shape index (κ1) is 22.8. The van der Waals surface area contributed by atoms with E-state index in [0.717, 1.165) is 18.4 Å². The summed E-state index contributed by atoms with van der Waals surface area (Å²) in [6.45, 7) is 11.4. The fraction of sp³-hybridized carbons (Fsp3) is 0.333. The Hall–Kier alpha value is -2.52. The molecule has 0 N–H and O–H groups in total. The Morgan fingerprint density at radius 2 is 1.48 bits per heavy atom. The van der Waals surface area contributed by atoms with Crippen molar-refractivity contribution < 1.29 is 4.43 Å². The van der Waals surface area contributed by atoms with Gasteiger partial charge in [-0.2, -0.15) is 0 Å². The third-order valence-electron chi connectivity index (χ3n) is 5.27. The van der Waals surface area contributed by atoms with Gasteiger partial charge >= 0.3 is 0 Å². The van der Waals surface area contributed by atoms with Gasteiger partial charge in [-0.3, -0.25) is 0 Å². The summed E-state index contributed by atoms with van der Waals surface area (Å²) in [5, 5.41) is 0.163. The van der Waals surface area contributed by atoms with Gasteiger partial charge in [0.1, 0.15) is 6.10 Å². The number of aryl methyl sites for hydroxylation is 1. The van der Waals surface area contributed by atoms with Crippen LogP contribution in [0, 0.1) is 23.7 Å². The zero-order valence-corrected chi connectivity index (χ0v) is 19.3. The SMILES string of the molecule is CC(C)(C)[Si](C)(C)OC(C#C/C=C/C#Cc1ccccc1)CCc1ccccc1. The second kappa shape index (κ2) is 10.9. The summed E-state index contributed by atoms with van der Waals surface area (Å²) in [6, 6.07) is 20.5. The topological polar surface area (TPSA) is 9.23 Å².